The van der Waals surface area contributed by atoms with Crippen molar-refractivity contribution < 1.29 is 9.47 Å². The third-order valence-electron chi connectivity index (χ3n) is 3.84. The Morgan fingerprint density at radius 1 is 1.26 bits per heavy atom. The molecular weight excluding hydrogens is 238 g/mol. The van der Waals surface area contributed by atoms with Crippen molar-refractivity contribution in [1.82, 2.24) is 5.32 Å². The van der Waals surface area contributed by atoms with Crippen LogP contribution in [0.3, 0.4) is 0 Å². The van der Waals surface area contributed by atoms with E-state index in [0.29, 0.717) is 6.04 Å². The zero-order chi connectivity index (χ0) is 13.7. The standard InChI is InChI=1S/C16H25NO2/c1-12(17-10-4-5-13-6-7-13)15-9-8-14(18-2)11-16(15)19-3/h8-9,11-13,17H,4-7,10H2,1-3H3. The molecule has 0 aromatic heterocycles. The van der Waals surface area contributed by atoms with Gasteiger partial charge in [-0.2, -0.15) is 0 Å². The molecule has 1 aromatic rings. The summed E-state index contributed by atoms with van der Waals surface area (Å²) < 4.78 is 10.7. The first-order valence-corrected chi connectivity index (χ1v) is 7.20. The summed E-state index contributed by atoms with van der Waals surface area (Å²) in [6, 6.07) is 6.31. The molecule has 1 unspecified atom stereocenters. The Morgan fingerprint density at radius 3 is 2.68 bits per heavy atom. The van der Waals surface area contributed by atoms with Crippen molar-refractivity contribution >= 4 is 0 Å². The van der Waals surface area contributed by atoms with Crippen LogP contribution in [0.1, 0.15) is 44.2 Å². The second-order valence-electron chi connectivity index (χ2n) is 5.37. The van der Waals surface area contributed by atoms with Crippen molar-refractivity contribution in [3.63, 3.8) is 0 Å². The van der Waals surface area contributed by atoms with Gasteiger partial charge < -0.3 is 14.8 Å². The van der Waals surface area contributed by atoms with E-state index in [1.54, 1.807) is 14.2 Å². The minimum Gasteiger partial charge on any atom is -0.497 e. The first-order valence-electron chi connectivity index (χ1n) is 7.20. The number of rotatable bonds is 8. The van der Waals surface area contributed by atoms with Gasteiger partial charge in [-0.1, -0.05) is 18.9 Å². The first kappa shape index (κ1) is 14.2. The monoisotopic (exact) mass is 263 g/mol. The molecule has 0 spiro atoms. The zero-order valence-corrected chi connectivity index (χ0v) is 12.2. The van der Waals surface area contributed by atoms with Crippen LogP contribution in [0.2, 0.25) is 0 Å². The summed E-state index contributed by atoms with van der Waals surface area (Å²) in [5.41, 5.74) is 1.19. The van der Waals surface area contributed by atoms with E-state index >= 15 is 0 Å². The molecule has 0 radical (unpaired) electrons. The van der Waals surface area contributed by atoms with Crippen LogP contribution in [-0.4, -0.2) is 20.8 Å². The third kappa shape index (κ3) is 4.13. The summed E-state index contributed by atoms with van der Waals surface area (Å²) in [7, 11) is 3.38. The molecule has 0 heterocycles. The topological polar surface area (TPSA) is 30.5 Å². The van der Waals surface area contributed by atoms with Gasteiger partial charge in [-0.05, 0) is 38.3 Å². The van der Waals surface area contributed by atoms with Crippen molar-refractivity contribution in [3.8, 4) is 11.5 Å². The Balaban J connectivity index is 1.87. The van der Waals surface area contributed by atoms with Crippen LogP contribution in [0.4, 0.5) is 0 Å². The van der Waals surface area contributed by atoms with Gasteiger partial charge in [0.05, 0.1) is 14.2 Å². The van der Waals surface area contributed by atoms with Gasteiger partial charge in [0.25, 0.3) is 0 Å². The van der Waals surface area contributed by atoms with Crippen molar-refractivity contribution in [3.05, 3.63) is 23.8 Å². The predicted octanol–water partition coefficient (Wildman–Crippen LogP) is 3.54. The molecule has 19 heavy (non-hydrogen) atoms. The molecule has 3 heteroatoms. The van der Waals surface area contributed by atoms with E-state index in [4.69, 9.17) is 9.47 Å². The fourth-order valence-corrected chi connectivity index (χ4v) is 2.40. The molecule has 3 nitrogen and oxygen atoms in total. The molecule has 1 N–H and O–H groups in total. The molecule has 1 fully saturated rings. The van der Waals surface area contributed by atoms with E-state index in [-0.39, 0.29) is 0 Å². The van der Waals surface area contributed by atoms with Crippen LogP contribution < -0.4 is 14.8 Å². The lowest BCUT2D eigenvalue weighted by molar-refractivity contribution is 0.385. The second kappa shape index (κ2) is 6.80. The summed E-state index contributed by atoms with van der Waals surface area (Å²) >= 11 is 0. The average molecular weight is 263 g/mol. The number of nitrogens with one attached hydrogen (secondary N) is 1. The van der Waals surface area contributed by atoms with Crippen LogP contribution in [0.25, 0.3) is 0 Å². The molecule has 0 bridgehead atoms. The van der Waals surface area contributed by atoms with Crippen molar-refractivity contribution in [2.45, 2.75) is 38.6 Å². The summed E-state index contributed by atoms with van der Waals surface area (Å²) in [5, 5.41) is 3.57. The predicted molar refractivity (Wildman–Crippen MR) is 77.9 cm³/mol. The molecule has 1 atom stereocenters. The highest BCUT2D eigenvalue weighted by Crippen LogP contribution is 2.33. The van der Waals surface area contributed by atoms with Gasteiger partial charge >= 0.3 is 0 Å². The van der Waals surface area contributed by atoms with Crippen LogP contribution in [-0.2, 0) is 0 Å². The van der Waals surface area contributed by atoms with Gasteiger partial charge in [-0.25, -0.2) is 0 Å². The molecule has 0 amide bonds. The van der Waals surface area contributed by atoms with Gasteiger partial charge in [0.15, 0.2) is 0 Å². The number of benzene rings is 1. The van der Waals surface area contributed by atoms with Crippen LogP contribution in [0.5, 0.6) is 11.5 Å². The quantitative estimate of drug-likeness (QED) is 0.728. The lowest BCUT2D eigenvalue weighted by atomic mass is 10.1. The highest BCUT2D eigenvalue weighted by Gasteiger charge is 2.20. The number of ether oxygens (including phenoxy) is 2. The van der Waals surface area contributed by atoms with Crippen LogP contribution in [0, 0.1) is 5.92 Å². The lowest BCUT2D eigenvalue weighted by Gasteiger charge is -2.18. The van der Waals surface area contributed by atoms with Crippen molar-refractivity contribution in [2.24, 2.45) is 5.92 Å². The zero-order valence-electron chi connectivity index (χ0n) is 12.2. The normalized spacial score (nSPS) is 16.2. The summed E-state index contributed by atoms with van der Waals surface area (Å²) in [4.78, 5) is 0. The fourth-order valence-electron chi connectivity index (χ4n) is 2.40. The lowest BCUT2D eigenvalue weighted by Crippen LogP contribution is -2.20. The Kier molecular flexibility index (Phi) is 5.08. The molecule has 1 aliphatic rings. The van der Waals surface area contributed by atoms with Gasteiger partial charge in [0, 0.05) is 17.7 Å². The highest BCUT2D eigenvalue weighted by atomic mass is 16.5. The van der Waals surface area contributed by atoms with Crippen LogP contribution >= 0.6 is 0 Å². The van der Waals surface area contributed by atoms with E-state index in [0.717, 1.165) is 24.0 Å². The number of methoxy groups -OCH3 is 2. The highest BCUT2D eigenvalue weighted by molar-refractivity contribution is 5.42. The summed E-state index contributed by atoms with van der Waals surface area (Å²) in [5.74, 6) is 2.75. The third-order valence-corrected chi connectivity index (χ3v) is 3.84. The number of hydrogen-bond acceptors (Lipinski definition) is 3. The van der Waals surface area contributed by atoms with Gasteiger partial charge in [0.2, 0.25) is 0 Å². The Hall–Kier alpha value is -1.22. The summed E-state index contributed by atoms with van der Waals surface area (Å²) in [6.45, 7) is 3.26. The molecule has 1 aliphatic carbocycles. The second-order valence-corrected chi connectivity index (χ2v) is 5.37. The van der Waals surface area contributed by atoms with Gasteiger partial charge in [-0.3, -0.25) is 0 Å². The Labute approximate surface area is 116 Å². The van der Waals surface area contributed by atoms with E-state index < -0.39 is 0 Å². The first-order chi connectivity index (χ1) is 9.24. The molecule has 1 saturated carbocycles. The maximum Gasteiger partial charge on any atom is 0.127 e. The average Bonchev–Trinajstić information content (AvgIpc) is 3.26. The Bertz CT molecular complexity index is 402. The van der Waals surface area contributed by atoms with Crippen molar-refractivity contribution in [1.29, 1.82) is 0 Å². The fraction of sp³-hybridized carbons (Fsp3) is 0.625. The molecule has 1 aromatic carbocycles. The van der Waals surface area contributed by atoms with Crippen LogP contribution in [0.15, 0.2) is 18.2 Å². The maximum absolute atomic E-state index is 5.44. The maximum atomic E-state index is 5.44. The molecular formula is C16H25NO2. The van der Waals surface area contributed by atoms with E-state index in [9.17, 15) is 0 Å². The van der Waals surface area contributed by atoms with E-state index in [2.05, 4.69) is 18.3 Å². The van der Waals surface area contributed by atoms with E-state index in [1.165, 1.54) is 31.2 Å². The number of hydrogen-bond donors (Lipinski definition) is 1. The Morgan fingerprint density at radius 2 is 2.05 bits per heavy atom. The molecule has 2 rings (SSSR count). The van der Waals surface area contributed by atoms with Gasteiger partial charge in [0.1, 0.15) is 11.5 Å². The van der Waals surface area contributed by atoms with E-state index in [1.807, 2.05) is 12.1 Å². The molecule has 0 aliphatic heterocycles. The summed E-state index contributed by atoms with van der Waals surface area (Å²) in [6.07, 6.45) is 5.54. The minimum atomic E-state index is 0.306. The smallest absolute Gasteiger partial charge is 0.127 e. The molecule has 0 saturated heterocycles. The SMILES string of the molecule is COc1ccc(C(C)NCCCC2CC2)c(OC)c1. The van der Waals surface area contributed by atoms with Crippen molar-refractivity contribution in [2.75, 3.05) is 20.8 Å². The largest absolute Gasteiger partial charge is 0.497 e. The van der Waals surface area contributed by atoms with Gasteiger partial charge in [-0.15, -0.1) is 0 Å². The molecule has 106 valence electrons. The minimum absolute atomic E-state index is 0.306.